The van der Waals surface area contributed by atoms with Crippen LogP contribution in [0.4, 0.5) is 13.2 Å². The molecule has 0 aliphatic rings. The molecule has 1 N–H and O–H groups in total. The molecule has 0 bridgehead atoms. The second-order valence-corrected chi connectivity index (χ2v) is 3.74. The molecule has 1 aromatic carbocycles. The van der Waals surface area contributed by atoms with Crippen LogP contribution >= 0.6 is 0 Å². The maximum absolute atomic E-state index is 11.9. The SMILES string of the molecule is COc1cc(C(=O)O)cc(OC)c1OCOCC(F)(F)F. The summed E-state index contributed by atoms with van der Waals surface area (Å²) < 4.78 is 54.9. The zero-order valence-corrected chi connectivity index (χ0v) is 11.2. The number of halogens is 3. The summed E-state index contributed by atoms with van der Waals surface area (Å²) >= 11 is 0. The van der Waals surface area contributed by atoms with Crippen LogP contribution in [0.25, 0.3) is 0 Å². The van der Waals surface area contributed by atoms with Crippen LogP contribution in [0.1, 0.15) is 10.4 Å². The molecule has 0 saturated carbocycles. The van der Waals surface area contributed by atoms with Gasteiger partial charge in [0.1, 0.15) is 6.61 Å². The number of hydrogen-bond donors (Lipinski definition) is 1. The molecule has 0 heterocycles. The van der Waals surface area contributed by atoms with Gasteiger partial charge in [-0.15, -0.1) is 0 Å². The minimum atomic E-state index is -4.47. The van der Waals surface area contributed by atoms with Gasteiger partial charge in [-0.1, -0.05) is 0 Å². The number of carboxylic acids is 1. The third-order valence-electron chi connectivity index (χ3n) is 2.26. The van der Waals surface area contributed by atoms with Gasteiger partial charge in [0.2, 0.25) is 5.75 Å². The van der Waals surface area contributed by atoms with E-state index in [1.54, 1.807) is 0 Å². The minimum absolute atomic E-state index is 0.00218. The predicted octanol–water partition coefficient (Wildman–Crippen LogP) is 2.32. The van der Waals surface area contributed by atoms with E-state index in [9.17, 15) is 18.0 Å². The number of carbonyl (C=O) groups is 1. The lowest BCUT2D eigenvalue weighted by molar-refractivity contribution is -0.187. The lowest BCUT2D eigenvalue weighted by Crippen LogP contribution is -2.19. The Morgan fingerprint density at radius 1 is 1.19 bits per heavy atom. The van der Waals surface area contributed by atoms with Crippen LogP contribution in [0.5, 0.6) is 17.2 Å². The Morgan fingerprint density at radius 3 is 2.10 bits per heavy atom. The van der Waals surface area contributed by atoms with Gasteiger partial charge in [-0.25, -0.2) is 4.79 Å². The first-order valence-corrected chi connectivity index (χ1v) is 5.55. The lowest BCUT2D eigenvalue weighted by Gasteiger charge is -2.15. The van der Waals surface area contributed by atoms with Crippen molar-refractivity contribution in [3.8, 4) is 17.2 Å². The topological polar surface area (TPSA) is 74.2 Å². The standard InChI is InChI=1S/C12H13F3O6/c1-18-8-3-7(11(16)17)4-9(19-2)10(8)21-6-20-5-12(13,14)15/h3-4H,5-6H2,1-2H3,(H,16,17). The van der Waals surface area contributed by atoms with Crippen molar-refractivity contribution in [1.82, 2.24) is 0 Å². The molecule has 9 heteroatoms. The number of benzene rings is 1. The number of carboxylic acid groups (broad SMARTS) is 1. The second-order valence-electron chi connectivity index (χ2n) is 3.74. The fourth-order valence-electron chi connectivity index (χ4n) is 1.40. The number of hydrogen-bond acceptors (Lipinski definition) is 5. The molecule has 0 unspecified atom stereocenters. The van der Waals surface area contributed by atoms with Gasteiger partial charge in [-0.2, -0.15) is 13.2 Å². The predicted molar refractivity (Wildman–Crippen MR) is 64.0 cm³/mol. The monoisotopic (exact) mass is 310 g/mol. The second kappa shape index (κ2) is 7.02. The Morgan fingerprint density at radius 2 is 1.71 bits per heavy atom. The summed E-state index contributed by atoms with van der Waals surface area (Å²) in [5.74, 6) is -1.26. The van der Waals surface area contributed by atoms with Crippen LogP contribution in [0.2, 0.25) is 0 Å². The highest BCUT2D eigenvalue weighted by Crippen LogP contribution is 2.38. The van der Waals surface area contributed by atoms with Crippen molar-refractivity contribution in [3.63, 3.8) is 0 Å². The summed E-state index contributed by atoms with van der Waals surface area (Å²) in [6.45, 7) is -2.16. The molecule has 1 rings (SSSR count). The quantitative estimate of drug-likeness (QED) is 0.615. The van der Waals surface area contributed by atoms with Crippen LogP contribution in [0, 0.1) is 0 Å². The highest BCUT2D eigenvalue weighted by molar-refractivity contribution is 5.89. The summed E-state index contributed by atoms with van der Waals surface area (Å²) in [4.78, 5) is 10.9. The molecule has 21 heavy (non-hydrogen) atoms. The van der Waals surface area contributed by atoms with E-state index in [4.69, 9.17) is 19.3 Å². The van der Waals surface area contributed by atoms with Crippen LogP contribution in [-0.2, 0) is 4.74 Å². The van der Waals surface area contributed by atoms with Gasteiger partial charge in [0.05, 0.1) is 19.8 Å². The molecular formula is C12H13F3O6. The highest BCUT2D eigenvalue weighted by atomic mass is 19.4. The normalized spacial score (nSPS) is 11.1. The molecular weight excluding hydrogens is 297 g/mol. The van der Waals surface area contributed by atoms with Crippen LogP contribution in [0.15, 0.2) is 12.1 Å². The number of alkyl halides is 3. The van der Waals surface area contributed by atoms with E-state index in [1.807, 2.05) is 0 Å². The van der Waals surface area contributed by atoms with Crippen molar-refractivity contribution in [2.75, 3.05) is 27.6 Å². The van der Waals surface area contributed by atoms with Crippen molar-refractivity contribution < 1.29 is 42.0 Å². The minimum Gasteiger partial charge on any atom is -0.493 e. The number of methoxy groups -OCH3 is 2. The molecule has 0 atom stereocenters. The van der Waals surface area contributed by atoms with Crippen molar-refractivity contribution in [2.45, 2.75) is 6.18 Å². The smallest absolute Gasteiger partial charge is 0.411 e. The van der Waals surface area contributed by atoms with Crippen molar-refractivity contribution in [2.24, 2.45) is 0 Å². The molecule has 1 aromatic rings. The van der Waals surface area contributed by atoms with Gasteiger partial charge in [0, 0.05) is 0 Å². The van der Waals surface area contributed by atoms with Gasteiger partial charge in [0.25, 0.3) is 0 Å². The number of aromatic carboxylic acids is 1. The Kier molecular flexibility index (Phi) is 5.65. The van der Waals surface area contributed by atoms with E-state index in [-0.39, 0.29) is 22.8 Å². The molecule has 0 radical (unpaired) electrons. The van der Waals surface area contributed by atoms with Crippen LogP contribution < -0.4 is 14.2 Å². The molecule has 0 aliphatic carbocycles. The van der Waals surface area contributed by atoms with Gasteiger partial charge in [-0.3, -0.25) is 0 Å². The first-order valence-electron chi connectivity index (χ1n) is 5.55. The average Bonchev–Trinajstić information content (AvgIpc) is 2.41. The van der Waals surface area contributed by atoms with Crippen LogP contribution in [-0.4, -0.2) is 44.9 Å². The summed E-state index contributed by atoms with van der Waals surface area (Å²) in [5.41, 5.74) is -0.118. The fourth-order valence-corrected chi connectivity index (χ4v) is 1.40. The van der Waals surface area contributed by atoms with E-state index in [0.717, 1.165) is 12.1 Å². The van der Waals surface area contributed by atoms with Gasteiger partial charge >= 0.3 is 12.1 Å². The summed E-state index contributed by atoms with van der Waals surface area (Å²) in [6, 6.07) is 2.31. The van der Waals surface area contributed by atoms with Crippen molar-refractivity contribution in [1.29, 1.82) is 0 Å². The molecule has 0 fully saturated rings. The fraction of sp³-hybridized carbons (Fsp3) is 0.417. The molecule has 118 valence electrons. The molecule has 0 aliphatic heterocycles. The Labute approximate surface area is 118 Å². The largest absolute Gasteiger partial charge is 0.493 e. The third kappa shape index (κ3) is 5.03. The average molecular weight is 310 g/mol. The van der Waals surface area contributed by atoms with E-state index in [1.165, 1.54) is 14.2 Å². The van der Waals surface area contributed by atoms with E-state index >= 15 is 0 Å². The van der Waals surface area contributed by atoms with Gasteiger partial charge < -0.3 is 24.1 Å². The van der Waals surface area contributed by atoms with Gasteiger partial charge in [0.15, 0.2) is 18.3 Å². The van der Waals surface area contributed by atoms with Crippen molar-refractivity contribution >= 4 is 5.97 Å². The summed E-state index contributed by atoms with van der Waals surface area (Å²) in [6.07, 6.45) is -4.47. The zero-order chi connectivity index (χ0) is 16.0. The third-order valence-corrected chi connectivity index (χ3v) is 2.26. The highest BCUT2D eigenvalue weighted by Gasteiger charge is 2.27. The summed E-state index contributed by atoms with van der Waals surface area (Å²) in [7, 11) is 2.51. The number of ether oxygens (including phenoxy) is 4. The van der Waals surface area contributed by atoms with Crippen molar-refractivity contribution in [3.05, 3.63) is 17.7 Å². The van der Waals surface area contributed by atoms with Crippen LogP contribution in [0.3, 0.4) is 0 Å². The maximum atomic E-state index is 11.9. The molecule has 0 amide bonds. The zero-order valence-electron chi connectivity index (χ0n) is 11.2. The lowest BCUT2D eigenvalue weighted by atomic mass is 10.2. The Bertz CT molecular complexity index is 475. The summed E-state index contributed by atoms with van der Waals surface area (Å²) in [5, 5.41) is 8.92. The maximum Gasteiger partial charge on any atom is 0.411 e. The van der Waals surface area contributed by atoms with E-state index in [0.29, 0.717) is 0 Å². The Hall–Kier alpha value is -2.16. The Balaban J connectivity index is 2.87. The van der Waals surface area contributed by atoms with E-state index in [2.05, 4.69) is 4.74 Å². The molecule has 0 saturated heterocycles. The first-order chi connectivity index (χ1) is 9.78. The van der Waals surface area contributed by atoms with Gasteiger partial charge in [-0.05, 0) is 12.1 Å². The molecule has 0 aromatic heterocycles. The molecule has 6 nitrogen and oxygen atoms in total. The van der Waals surface area contributed by atoms with E-state index < -0.39 is 25.5 Å². The number of rotatable bonds is 7. The molecule has 0 spiro atoms. The first kappa shape index (κ1) is 16.9.